The van der Waals surface area contributed by atoms with Crippen molar-refractivity contribution in [3.8, 4) is 0 Å². The van der Waals surface area contributed by atoms with Gasteiger partial charge in [0, 0.05) is 10.9 Å². The van der Waals surface area contributed by atoms with Crippen LogP contribution in [0.2, 0.25) is 0 Å². The molecular weight excluding hydrogens is 168 g/mol. The van der Waals surface area contributed by atoms with Gasteiger partial charge in [0.1, 0.15) is 0 Å². The van der Waals surface area contributed by atoms with Crippen LogP contribution in [0.15, 0.2) is 0 Å². The van der Waals surface area contributed by atoms with Crippen LogP contribution < -0.4 is 5.32 Å². The fourth-order valence-corrected chi connectivity index (χ4v) is 2.30. The lowest BCUT2D eigenvalue weighted by atomic mass is 10.2. The Morgan fingerprint density at radius 3 is 2.58 bits per heavy atom. The van der Waals surface area contributed by atoms with Crippen LogP contribution in [0.4, 0.5) is 0 Å². The van der Waals surface area contributed by atoms with Gasteiger partial charge < -0.3 is 5.32 Å². The third kappa shape index (κ3) is 2.05. The summed E-state index contributed by atoms with van der Waals surface area (Å²) in [4.78, 5) is 5.76. The van der Waals surface area contributed by atoms with Gasteiger partial charge in [0.25, 0.3) is 0 Å². The first-order chi connectivity index (χ1) is 5.65. The first-order valence-electron chi connectivity index (χ1n) is 4.32. The zero-order valence-electron chi connectivity index (χ0n) is 8.14. The van der Waals surface area contributed by atoms with Crippen LogP contribution >= 0.6 is 11.3 Å². The van der Waals surface area contributed by atoms with Crippen LogP contribution in [0.25, 0.3) is 0 Å². The van der Waals surface area contributed by atoms with E-state index in [0.717, 1.165) is 11.6 Å². The maximum Gasteiger partial charge on any atom is 0.0900 e. The minimum absolute atomic E-state index is 0.446. The minimum Gasteiger partial charge on any atom is -0.310 e. The molecule has 2 nitrogen and oxygen atoms in total. The van der Waals surface area contributed by atoms with E-state index in [1.165, 1.54) is 10.6 Å². The molecule has 12 heavy (non-hydrogen) atoms. The fourth-order valence-electron chi connectivity index (χ4n) is 1.35. The van der Waals surface area contributed by atoms with E-state index in [9.17, 15) is 0 Å². The van der Waals surface area contributed by atoms with Gasteiger partial charge in [-0.1, -0.05) is 6.92 Å². The molecule has 68 valence electrons. The zero-order valence-corrected chi connectivity index (χ0v) is 8.96. The molecule has 1 unspecified atom stereocenters. The molecule has 1 aromatic heterocycles. The maximum absolute atomic E-state index is 4.39. The Bertz CT molecular complexity index is 255. The van der Waals surface area contributed by atoms with E-state index in [0.29, 0.717) is 6.04 Å². The summed E-state index contributed by atoms with van der Waals surface area (Å²) in [5, 5.41) is 4.55. The highest BCUT2D eigenvalue weighted by molar-refractivity contribution is 7.11. The van der Waals surface area contributed by atoms with E-state index >= 15 is 0 Å². The molecule has 0 aromatic carbocycles. The normalized spacial score (nSPS) is 13.3. The maximum atomic E-state index is 4.39. The van der Waals surface area contributed by atoms with E-state index in [-0.39, 0.29) is 0 Å². The molecule has 0 aliphatic carbocycles. The lowest BCUT2D eigenvalue weighted by Crippen LogP contribution is -2.17. The Balaban J connectivity index is 2.79. The number of thiazole rings is 1. The van der Waals surface area contributed by atoms with Crippen molar-refractivity contribution < 1.29 is 0 Å². The molecule has 1 atom stereocenters. The first kappa shape index (κ1) is 9.68. The van der Waals surface area contributed by atoms with Gasteiger partial charge in [-0.3, -0.25) is 0 Å². The number of nitrogens with zero attached hydrogens (tertiary/aromatic N) is 1. The Morgan fingerprint density at radius 2 is 2.17 bits per heavy atom. The van der Waals surface area contributed by atoms with Crippen LogP contribution in [-0.4, -0.2) is 11.5 Å². The quantitative estimate of drug-likeness (QED) is 0.780. The molecule has 1 N–H and O–H groups in total. The van der Waals surface area contributed by atoms with Crippen molar-refractivity contribution in [1.29, 1.82) is 0 Å². The molecule has 0 fully saturated rings. The third-order valence-electron chi connectivity index (χ3n) is 1.84. The number of aryl methyl sites for hydroxylation is 2. The van der Waals surface area contributed by atoms with E-state index < -0.39 is 0 Å². The molecule has 0 saturated heterocycles. The molecule has 0 aliphatic heterocycles. The topological polar surface area (TPSA) is 24.9 Å². The van der Waals surface area contributed by atoms with Crippen LogP contribution in [0.1, 0.15) is 35.5 Å². The monoisotopic (exact) mass is 184 g/mol. The van der Waals surface area contributed by atoms with Gasteiger partial charge >= 0.3 is 0 Å². The van der Waals surface area contributed by atoms with Crippen LogP contribution in [0.3, 0.4) is 0 Å². The molecule has 1 rings (SSSR count). The summed E-state index contributed by atoms with van der Waals surface area (Å²) in [7, 11) is 0. The SMILES string of the molecule is CCNC(C)c1sc(C)nc1C. The summed E-state index contributed by atoms with van der Waals surface area (Å²) >= 11 is 1.79. The summed E-state index contributed by atoms with van der Waals surface area (Å²) in [5.41, 5.74) is 1.17. The average Bonchev–Trinajstić information content (AvgIpc) is 2.30. The lowest BCUT2D eigenvalue weighted by molar-refractivity contribution is 0.603. The molecule has 1 heterocycles. The number of rotatable bonds is 3. The highest BCUT2D eigenvalue weighted by Gasteiger charge is 2.10. The highest BCUT2D eigenvalue weighted by Crippen LogP contribution is 2.23. The van der Waals surface area contributed by atoms with Gasteiger partial charge in [-0.05, 0) is 27.3 Å². The summed E-state index contributed by atoms with van der Waals surface area (Å²) < 4.78 is 0. The standard InChI is InChI=1S/C9H16N2S/c1-5-10-6(2)9-7(3)11-8(4)12-9/h6,10H,5H2,1-4H3. The molecule has 0 spiro atoms. The van der Waals surface area contributed by atoms with Crippen molar-refractivity contribution in [2.24, 2.45) is 0 Å². The average molecular weight is 184 g/mol. The Kier molecular flexibility index (Phi) is 3.23. The van der Waals surface area contributed by atoms with Gasteiger partial charge in [-0.25, -0.2) is 4.98 Å². The second-order valence-electron chi connectivity index (χ2n) is 2.96. The number of hydrogen-bond acceptors (Lipinski definition) is 3. The van der Waals surface area contributed by atoms with E-state index in [2.05, 4.69) is 38.0 Å². The highest BCUT2D eigenvalue weighted by atomic mass is 32.1. The molecule has 0 bridgehead atoms. The van der Waals surface area contributed by atoms with Crippen molar-refractivity contribution in [1.82, 2.24) is 10.3 Å². The van der Waals surface area contributed by atoms with Gasteiger partial charge in [-0.2, -0.15) is 0 Å². The van der Waals surface area contributed by atoms with Crippen molar-refractivity contribution in [2.45, 2.75) is 33.7 Å². The summed E-state index contributed by atoms with van der Waals surface area (Å²) in [6, 6.07) is 0.446. The van der Waals surface area contributed by atoms with Gasteiger partial charge in [-0.15, -0.1) is 11.3 Å². The number of aromatic nitrogens is 1. The third-order valence-corrected chi connectivity index (χ3v) is 3.10. The van der Waals surface area contributed by atoms with Gasteiger partial charge in [0.2, 0.25) is 0 Å². The molecule has 0 amide bonds. The van der Waals surface area contributed by atoms with Crippen LogP contribution in [-0.2, 0) is 0 Å². The molecule has 0 aliphatic rings. The second-order valence-corrected chi connectivity index (χ2v) is 4.20. The second kappa shape index (κ2) is 4.01. The smallest absolute Gasteiger partial charge is 0.0900 e. The van der Waals surface area contributed by atoms with Gasteiger partial charge in [0.15, 0.2) is 0 Å². The van der Waals surface area contributed by atoms with Gasteiger partial charge in [0.05, 0.1) is 10.7 Å². The summed E-state index contributed by atoms with van der Waals surface area (Å²) in [6.45, 7) is 9.45. The lowest BCUT2D eigenvalue weighted by Gasteiger charge is -2.09. The summed E-state index contributed by atoms with van der Waals surface area (Å²) in [5.74, 6) is 0. The van der Waals surface area contributed by atoms with E-state index in [1.54, 1.807) is 11.3 Å². The first-order valence-corrected chi connectivity index (χ1v) is 5.14. The van der Waals surface area contributed by atoms with E-state index in [4.69, 9.17) is 0 Å². The zero-order chi connectivity index (χ0) is 9.14. The Labute approximate surface area is 78.0 Å². The largest absolute Gasteiger partial charge is 0.310 e. The molecule has 3 heteroatoms. The Morgan fingerprint density at radius 1 is 1.50 bits per heavy atom. The number of hydrogen-bond donors (Lipinski definition) is 1. The Hall–Kier alpha value is -0.410. The van der Waals surface area contributed by atoms with Crippen LogP contribution in [0.5, 0.6) is 0 Å². The minimum atomic E-state index is 0.446. The molecular formula is C9H16N2S. The van der Waals surface area contributed by atoms with E-state index in [1.807, 2.05) is 0 Å². The summed E-state index contributed by atoms with van der Waals surface area (Å²) in [6.07, 6.45) is 0. The van der Waals surface area contributed by atoms with Crippen molar-refractivity contribution in [3.63, 3.8) is 0 Å². The molecule has 0 saturated carbocycles. The molecule has 0 radical (unpaired) electrons. The van der Waals surface area contributed by atoms with Crippen molar-refractivity contribution in [2.75, 3.05) is 6.54 Å². The predicted molar refractivity (Wildman–Crippen MR) is 53.7 cm³/mol. The number of nitrogens with one attached hydrogen (secondary N) is 1. The molecule has 1 aromatic rings. The van der Waals surface area contributed by atoms with Crippen LogP contribution in [0, 0.1) is 13.8 Å². The van der Waals surface area contributed by atoms with Crippen molar-refractivity contribution >= 4 is 11.3 Å². The van der Waals surface area contributed by atoms with Crippen molar-refractivity contribution in [3.05, 3.63) is 15.6 Å². The fraction of sp³-hybridized carbons (Fsp3) is 0.667. The predicted octanol–water partition coefficient (Wildman–Crippen LogP) is 2.43.